The first-order chi connectivity index (χ1) is 9.72. The van der Waals surface area contributed by atoms with Gasteiger partial charge in [0.05, 0.1) is 6.61 Å². The van der Waals surface area contributed by atoms with Gasteiger partial charge in [0, 0.05) is 6.54 Å². The summed E-state index contributed by atoms with van der Waals surface area (Å²) in [5.74, 6) is 1.61. The molecule has 0 spiro atoms. The van der Waals surface area contributed by atoms with E-state index in [9.17, 15) is 0 Å². The van der Waals surface area contributed by atoms with Gasteiger partial charge in [0.1, 0.15) is 11.5 Å². The highest BCUT2D eigenvalue weighted by atomic mass is 16.5. The third-order valence-corrected chi connectivity index (χ3v) is 3.14. The van der Waals surface area contributed by atoms with Gasteiger partial charge in [-0.1, -0.05) is 31.2 Å². The molecular weight excluding hydrogens is 250 g/mol. The zero-order chi connectivity index (χ0) is 14.4. The summed E-state index contributed by atoms with van der Waals surface area (Å²) in [5.41, 5.74) is 3.15. The Labute approximate surface area is 120 Å². The van der Waals surface area contributed by atoms with Crippen LogP contribution in [0.2, 0.25) is 0 Å². The van der Waals surface area contributed by atoms with Crippen LogP contribution in [0.3, 0.4) is 0 Å². The number of aliphatic hydroxyl groups excluding tert-OH is 1. The van der Waals surface area contributed by atoms with Gasteiger partial charge in [0.2, 0.25) is 0 Å². The topological polar surface area (TPSA) is 41.5 Å². The lowest BCUT2D eigenvalue weighted by molar-refractivity contribution is 0.281. The Kier molecular flexibility index (Phi) is 5.16. The highest BCUT2D eigenvalue weighted by Crippen LogP contribution is 2.26. The molecule has 0 heterocycles. The molecule has 0 atom stereocenters. The standard InChI is InChI=1S/C17H21NO2/c1-3-18-11-14-8-7-13(2)17(10-14)20-16-6-4-5-15(9-16)12-19/h4-10,18-19H,3,11-12H2,1-2H3. The van der Waals surface area contributed by atoms with Crippen LogP contribution in [-0.2, 0) is 13.2 Å². The van der Waals surface area contributed by atoms with Crippen molar-refractivity contribution in [1.82, 2.24) is 5.32 Å². The first kappa shape index (κ1) is 14.6. The van der Waals surface area contributed by atoms with Crippen LogP contribution in [-0.4, -0.2) is 11.7 Å². The zero-order valence-electron chi connectivity index (χ0n) is 12.0. The van der Waals surface area contributed by atoms with E-state index in [1.807, 2.05) is 31.2 Å². The van der Waals surface area contributed by atoms with Gasteiger partial charge in [-0.3, -0.25) is 0 Å². The maximum atomic E-state index is 9.16. The molecular formula is C17H21NO2. The van der Waals surface area contributed by atoms with Crippen LogP contribution < -0.4 is 10.1 Å². The van der Waals surface area contributed by atoms with E-state index in [-0.39, 0.29) is 6.61 Å². The van der Waals surface area contributed by atoms with Gasteiger partial charge in [0.25, 0.3) is 0 Å². The van der Waals surface area contributed by atoms with Crippen molar-refractivity contribution in [2.45, 2.75) is 27.0 Å². The second-order valence-corrected chi connectivity index (χ2v) is 4.79. The second-order valence-electron chi connectivity index (χ2n) is 4.79. The lowest BCUT2D eigenvalue weighted by Gasteiger charge is -2.11. The van der Waals surface area contributed by atoms with Crippen LogP contribution in [0, 0.1) is 6.92 Å². The van der Waals surface area contributed by atoms with Gasteiger partial charge >= 0.3 is 0 Å². The number of hydrogen-bond donors (Lipinski definition) is 2. The van der Waals surface area contributed by atoms with Gasteiger partial charge < -0.3 is 15.2 Å². The Morgan fingerprint density at radius 3 is 2.70 bits per heavy atom. The molecule has 0 fully saturated rings. The molecule has 3 nitrogen and oxygen atoms in total. The van der Waals surface area contributed by atoms with Gasteiger partial charge in [0.15, 0.2) is 0 Å². The summed E-state index contributed by atoms with van der Waals surface area (Å²) in [4.78, 5) is 0. The highest BCUT2D eigenvalue weighted by molar-refractivity contribution is 5.40. The number of hydrogen-bond acceptors (Lipinski definition) is 3. The minimum atomic E-state index is 0.0244. The smallest absolute Gasteiger partial charge is 0.130 e. The van der Waals surface area contributed by atoms with Crippen molar-refractivity contribution in [3.05, 3.63) is 59.2 Å². The molecule has 0 radical (unpaired) electrons. The molecule has 2 aromatic carbocycles. The molecule has 0 aliphatic carbocycles. The number of aryl methyl sites for hydroxylation is 1. The molecule has 20 heavy (non-hydrogen) atoms. The zero-order valence-corrected chi connectivity index (χ0v) is 12.0. The Balaban J connectivity index is 2.18. The molecule has 2 N–H and O–H groups in total. The number of aliphatic hydroxyl groups is 1. The summed E-state index contributed by atoms with van der Waals surface area (Å²) in [6.45, 7) is 5.93. The van der Waals surface area contributed by atoms with Crippen molar-refractivity contribution in [2.24, 2.45) is 0 Å². The van der Waals surface area contributed by atoms with Crippen LogP contribution in [0.25, 0.3) is 0 Å². The Hall–Kier alpha value is -1.84. The van der Waals surface area contributed by atoms with Crippen LogP contribution in [0.15, 0.2) is 42.5 Å². The summed E-state index contributed by atoms with van der Waals surface area (Å²) in [6.07, 6.45) is 0. The fourth-order valence-corrected chi connectivity index (χ4v) is 1.97. The van der Waals surface area contributed by atoms with Crippen LogP contribution in [0.1, 0.15) is 23.6 Å². The maximum Gasteiger partial charge on any atom is 0.130 e. The van der Waals surface area contributed by atoms with E-state index in [0.717, 1.165) is 35.7 Å². The quantitative estimate of drug-likeness (QED) is 0.846. The van der Waals surface area contributed by atoms with E-state index in [2.05, 4.69) is 30.4 Å². The lowest BCUT2D eigenvalue weighted by atomic mass is 10.1. The van der Waals surface area contributed by atoms with Crippen molar-refractivity contribution in [2.75, 3.05) is 6.54 Å². The van der Waals surface area contributed by atoms with Gasteiger partial charge in [-0.15, -0.1) is 0 Å². The first-order valence-corrected chi connectivity index (χ1v) is 6.91. The van der Waals surface area contributed by atoms with Crippen molar-refractivity contribution in [3.8, 4) is 11.5 Å². The Bertz CT molecular complexity index is 567. The SMILES string of the molecule is CCNCc1ccc(C)c(Oc2cccc(CO)c2)c1. The van der Waals surface area contributed by atoms with E-state index in [1.54, 1.807) is 0 Å². The molecule has 0 amide bonds. The lowest BCUT2D eigenvalue weighted by Crippen LogP contribution is -2.11. The van der Waals surface area contributed by atoms with E-state index in [0.29, 0.717) is 0 Å². The summed E-state index contributed by atoms with van der Waals surface area (Å²) in [6, 6.07) is 13.8. The summed E-state index contributed by atoms with van der Waals surface area (Å²) in [7, 11) is 0. The molecule has 106 valence electrons. The largest absolute Gasteiger partial charge is 0.457 e. The fourth-order valence-electron chi connectivity index (χ4n) is 1.97. The summed E-state index contributed by atoms with van der Waals surface area (Å²) in [5, 5.41) is 12.5. The highest BCUT2D eigenvalue weighted by Gasteiger charge is 2.04. The predicted molar refractivity (Wildman–Crippen MR) is 81.0 cm³/mol. The molecule has 0 bridgehead atoms. The first-order valence-electron chi connectivity index (χ1n) is 6.91. The fraction of sp³-hybridized carbons (Fsp3) is 0.294. The molecule has 2 rings (SSSR count). The van der Waals surface area contributed by atoms with Crippen LogP contribution in [0.4, 0.5) is 0 Å². The van der Waals surface area contributed by atoms with Crippen LogP contribution in [0.5, 0.6) is 11.5 Å². The normalized spacial score (nSPS) is 10.6. The minimum Gasteiger partial charge on any atom is -0.457 e. The van der Waals surface area contributed by atoms with Crippen molar-refractivity contribution >= 4 is 0 Å². The van der Waals surface area contributed by atoms with Crippen molar-refractivity contribution in [1.29, 1.82) is 0 Å². The number of benzene rings is 2. The number of nitrogens with one attached hydrogen (secondary N) is 1. The molecule has 3 heteroatoms. The summed E-state index contributed by atoms with van der Waals surface area (Å²) < 4.78 is 5.93. The molecule has 0 aliphatic heterocycles. The van der Waals surface area contributed by atoms with Crippen LogP contribution >= 0.6 is 0 Å². The third kappa shape index (κ3) is 3.83. The summed E-state index contributed by atoms with van der Waals surface area (Å²) >= 11 is 0. The molecule has 0 saturated carbocycles. The Morgan fingerprint density at radius 2 is 1.95 bits per heavy atom. The van der Waals surface area contributed by atoms with Gasteiger partial charge in [-0.2, -0.15) is 0 Å². The van der Waals surface area contributed by atoms with E-state index in [1.165, 1.54) is 5.56 Å². The number of rotatable bonds is 6. The monoisotopic (exact) mass is 271 g/mol. The van der Waals surface area contributed by atoms with E-state index in [4.69, 9.17) is 9.84 Å². The van der Waals surface area contributed by atoms with E-state index >= 15 is 0 Å². The molecule has 0 aliphatic rings. The molecule has 0 aromatic heterocycles. The Morgan fingerprint density at radius 1 is 1.10 bits per heavy atom. The van der Waals surface area contributed by atoms with Gasteiger partial charge in [-0.05, 0) is 48.4 Å². The van der Waals surface area contributed by atoms with Crippen molar-refractivity contribution < 1.29 is 9.84 Å². The van der Waals surface area contributed by atoms with Crippen molar-refractivity contribution in [3.63, 3.8) is 0 Å². The molecule has 0 unspecified atom stereocenters. The molecule has 2 aromatic rings. The minimum absolute atomic E-state index is 0.0244. The average Bonchev–Trinajstić information content (AvgIpc) is 2.48. The molecule has 0 saturated heterocycles. The second kappa shape index (κ2) is 7.08. The average molecular weight is 271 g/mol. The third-order valence-electron chi connectivity index (χ3n) is 3.14. The number of ether oxygens (including phenoxy) is 1. The predicted octanol–water partition coefficient (Wildman–Crippen LogP) is 3.39. The van der Waals surface area contributed by atoms with E-state index < -0.39 is 0 Å². The maximum absolute atomic E-state index is 9.16. The van der Waals surface area contributed by atoms with Gasteiger partial charge in [-0.25, -0.2) is 0 Å².